The number of anilines is 1. The number of carbonyl (C=O) groups is 1. The molecule has 3 nitrogen and oxygen atoms in total. The molecule has 1 aromatic carbocycles. The fourth-order valence-corrected chi connectivity index (χ4v) is 1.44. The number of amides is 1. The summed E-state index contributed by atoms with van der Waals surface area (Å²) in [6, 6.07) is 11.1. The maximum atomic E-state index is 13.3. The van der Waals surface area contributed by atoms with Gasteiger partial charge in [0.15, 0.2) is 0 Å². The minimum atomic E-state index is -0.544. The van der Waals surface area contributed by atoms with Crippen LogP contribution < -0.4 is 5.32 Å². The molecule has 0 spiro atoms. The summed E-state index contributed by atoms with van der Waals surface area (Å²) in [7, 11) is 0. The van der Waals surface area contributed by atoms with Crippen molar-refractivity contribution in [1.82, 2.24) is 4.98 Å². The summed E-state index contributed by atoms with van der Waals surface area (Å²) in [5.74, 6) is -0.628. The Morgan fingerprint density at radius 3 is 2.65 bits per heavy atom. The average molecular weight is 230 g/mol. The zero-order valence-corrected chi connectivity index (χ0v) is 9.27. The predicted octanol–water partition coefficient (Wildman–Crippen LogP) is 2.78. The van der Waals surface area contributed by atoms with Crippen LogP contribution in [0.5, 0.6) is 0 Å². The molecule has 1 amide bonds. The molecule has 0 aliphatic rings. The minimum Gasteiger partial charge on any atom is -0.306 e. The van der Waals surface area contributed by atoms with Gasteiger partial charge < -0.3 is 5.32 Å². The third-order valence-corrected chi connectivity index (χ3v) is 2.25. The lowest BCUT2D eigenvalue weighted by molar-refractivity contribution is 0.102. The summed E-state index contributed by atoms with van der Waals surface area (Å²) in [4.78, 5) is 15.9. The molecule has 0 atom stereocenters. The largest absolute Gasteiger partial charge is 0.306 e. The Morgan fingerprint density at radius 2 is 1.94 bits per heavy atom. The summed E-state index contributed by atoms with van der Waals surface area (Å²) >= 11 is 0. The molecule has 0 saturated heterocycles. The first-order chi connectivity index (χ1) is 8.16. The molecule has 0 saturated carbocycles. The van der Waals surface area contributed by atoms with E-state index in [1.807, 2.05) is 13.0 Å². The Kier molecular flexibility index (Phi) is 3.14. The van der Waals surface area contributed by atoms with Crippen LogP contribution in [-0.4, -0.2) is 10.9 Å². The van der Waals surface area contributed by atoms with Crippen LogP contribution in [0.3, 0.4) is 0 Å². The van der Waals surface area contributed by atoms with Gasteiger partial charge in [-0.2, -0.15) is 0 Å². The Labute approximate surface area is 98.3 Å². The first kappa shape index (κ1) is 11.3. The van der Waals surface area contributed by atoms with Gasteiger partial charge in [-0.1, -0.05) is 18.2 Å². The molecule has 4 heteroatoms. The highest BCUT2D eigenvalue weighted by Crippen LogP contribution is 2.10. The Bertz CT molecular complexity index is 555. The first-order valence-corrected chi connectivity index (χ1v) is 5.16. The van der Waals surface area contributed by atoms with Gasteiger partial charge in [-0.3, -0.25) is 4.79 Å². The Hall–Kier alpha value is -2.23. The molecular weight excluding hydrogens is 219 g/mol. The number of hydrogen-bond acceptors (Lipinski definition) is 2. The van der Waals surface area contributed by atoms with Crippen molar-refractivity contribution in [3.8, 4) is 0 Å². The molecule has 0 aliphatic heterocycles. The highest BCUT2D eigenvalue weighted by atomic mass is 19.1. The van der Waals surface area contributed by atoms with E-state index >= 15 is 0 Å². The van der Waals surface area contributed by atoms with Crippen LogP contribution in [0.4, 0.5) is 10.2 Å². The Morgan fingerprint density at radius 1 is 1.18 bits per heavy atom. The van der Waals surface area contributed by atoms with Gasteiger partial charge in [0.05, 0.1) is 5.56 Å². The van der Waals surface area contributed by atoms with E-state index in [9.17, 15) is 9.18 Å². The number of pyridine rings is 1. The minimum absolute atomic E-state index is 0.0100. The lowest BCUT2D eigenvalue weighted by Crippen LogP contribution is -2.14. The molecule has 17 heavy (non-hydrogen) atoms. The smallest absolute Gasteiger partial charge is 0.259 e. The van der Waals surface area contributed by atoms with Gasteiger partial charge in [-0.25, -0.2) is 9.37 Å². The second-order valence-corrected chi connectivity index (χ2v) is 3.60. The van der Waals surface area contributed by atoms with E-state index in [1.165, 1.54) is 18.2 Å². The van der Waals surface area contributed by atoms with Crippen LogP contribution >= 0.6 is 0 Å². The summed E-state index contributed by atoms with van der Waals surface area (Å²) in [6.07, 6.45) is 0. The van der Waals surface area contributed by atoms with Crippen molar-refractivity contribution < 1.29 is 9.18 Å². The van der Waals surface area contributed by atoms with Crippen LogP contribution in [0.15, 0.2) is 42.5 Å². The second-order valence-electron chi connectivity index (χ2n) is 3.60. The Balaban J connectivity index is 2.20. The van der Waals surface area contributed by atoms with Crippen molar-refractivity contribution in [2.45, 2.75) is 6.92 Å². The summed E-state index contributed by atoms with van der Waals surface area (Å²) < 4.78 is 13.3. The molecule has 0 fully saturated rings. The monoisotopic (exact) mass is 230 g/mol. The van der Waals surface area contributed by atoms with E-state index in [2.05, 4.69) is 10.3 Å². The van der Waals surface area contributed by atoms with Crippen molar-refractivity contribution in [2.75, 3.05) is 5.32 Å². The molecule has 2 aromatic rings. The number of aryl methyl sites for hydroxylation is 1. The van der Waals surface area contributed by atoms with E-state index in [4.69, 9.17) is 0 Å². The van der Waals surface area contributed by atoms with Gasteiger partial charge in [0.1, 0.15) is 11.6 Å². The highest BCUT2D eigenvalue weighted by Gasteiger charge is 2.11. The standard InChI is InChI=1S/C13H11FN2O/c1-9-5-4-8-12(15-9)16-13(17)10-6-2-3-7-11(10)14/h2-8H,1H3,(H,15,16,17). The number of carbonyl (C=O) groups excluding carboxylic acids is 1. The third kappa shape index (κ3) is 2.66. The van der Waals surface area contributed by atoms with E-state index in [-0.39, 0.29) is 5.56 Å². The lowest BCUT2D eigenvalue weighted by Gasteiger charge is -2.05. The van der Waals surface area contributed by atoms with E-state index in [1.54, 1.807) is 18.2 Å². The molecule has 2 rings (SSSR count). The molecular formula is C13H11FN2O. The maximum Gasteiger partial charge on any atom is 0.259 e. The predicted molar refractivity (Wildman–Crippen MR) is 63.3 cm³/mol. The van der Waals surface area contributed by atoms with Gasteiger partial charge in [-0.15, -0.1) is 0 Å². The number of hydrogen-bond donors (Lipinski definition) is 1. The molecule has 0 radical (unpaired) electrons. The van der Waals surface area contributed by atoms with Crippen LogP contribution in [-0.2, 0) is 0 Å². The average Bonchev–Trinajstić information content (AvgIpc) is 2.29. The fourth-order valence-electron chi connectivity index (χ4n) is 1.44. The van der Waals surface area contributed by atoms with Crippen LogP contribution in [0.25, 0.3) is 0 Å². The molecule has 0 aliphatic carbocycles. The van der Waals surface area contributed by atoms with Crippen LogP contribution in [0, 0.1) is 12.7 Å². The zero-order chi connectivity index (χ0) is 12.3. The van der Waals surface area contributed by atoms with Gasteiger partial charge in [0, 0.05) is 5.69 Å². The topological polar surface area (TPSA) is 42.0 Å². The molecule has 1 aromatic heterocycles. The second kappa shape index (κ2) is 4.74. The molecule has 0 unspecified atom stereocenters. The van der Waals surface area contributed by atoms with Crippen molar-refractivity contribution >= 4 is 11.7 Å². The van der Waals surface area contributed by atoms with Gasteiger partial charge in [0.2, 0.25) is 0 Å². The van der Waals surface area contributed by atoms with E-state index < -0.39 is 11.7 Å². The number of benzene rings is 1. The van der Waals surface area contributed by atoms with E-state index in [0.717, 1.165) is 5.69 Å². The van der Waals surface area contributed by atoms with Crippen molar-refractivity contribution in [3.63, 3.8) is 0 Å². The summed E-state index contributed by atoms with van der Waals surface area (Å²) in [5.41, 5.74) is 0.798. The molecule has 1 heterocycles. The van der Waals surface area contributed by atoms with Crippen molar-refractivity contribution in [3.05, 3.63) is 59.5 Å². The quantitative estimate of drug-likeness (QED) is 0.861. The van der Waals surface area contributed by atoms with Crippen molar-refractivity contribution in [2.24, 2.45) is 0 Å². The van der Waals surface area contributed by atoms with Gasteiger partial charge in [0.25, 0.3) is 5.91 Å². The number of halogens is 1. The highest BCUT2D eigenvalue weighted by molar-refractivity contribution is 6.03. The third-order valence-electron chi connectivity index (χ3n) is 2.25. The van der Waals surface area contributed by atoms with Crippen LogP contribution in [0.1, 0.15) is 16.1 Å². The first-order valence-electron chi connectivity index (χ1n) is 5.16. The summed E-state index contributed by atoms with van der Waals surface area (Å²) in [6.45, 7) is 1.82. The normalized spacial score (nSPS) is 10.0. The van der Waals surface area contributed by atoms with E-state index in [0.29, 0.717) is 5.82 Å². The zero-order valence-electron chi connectivity index (χ0n) is 9.27. The number of aromatic nitrogens is 1. The number of nitrogens with one attached hydrogen (secondary N) is 1. The maximum absolute atomic E-state index is 13.3. The van der Waals surface area contributed by atoms with Crippen molar-refractivity contribution in [1.29, 1.82) is 0 Å². The fraction of sp³-hybridized carbons (Fsp3) is 0.0769. The van der Waals surface area contributed by atoms with Gasteiger partial charge in [-0.05, 0) is 31.2 Å². The number of nitrogens with zero attached hydrogens (tertiary/aromatic N) is 1. The molecule has 0 bridgehead atoms. The van der Waals surface area contributed by atoms with Crippen LogP contribution in [0.2, 0.25) is 0 Å². The van der Waals surface area contributed by atoms with Gasteiger partial charge >= 0.3 is 0 Å². The number of rotatable bonds is 2. The molecule has 1 N–H and O–H groups in total. The summed E-state index contributed by atoms with van der Waals surface area (Å²) in [5, 5.41) is 2.55. The SMILES string of the molecule is Cc1cccc(NC(=O)c2ccccc2F)n1. The molecule has 86 valence electrons. The lowest BCUT2D eigenvalue weighted by atomic mass is 10.2.